The predicted molar refractivity (Wildman–Crippen MR) is 133 cm³/mol. The molecule has 2 saturated carbocycles. The molecule has 0 radical (unpaired) electrons. The second kappa shape index (κ2) is 10.2. The van der Waals surface area contributed by atoms with Crippen molar-refractivity contribution in [2.75, 3.05) is 0 Å². The molecule has 3 fully saturated rings. The maximum Gasteiger partial charge on any atom is 0.220 e. The number of hydrogen-bond acceptors (Lipinski definition) is 1. The van der Waals surface area contributed by atoms with E-state index in [-0.39, 0.29) is 0 Å². The number of fused-ring (bicyclic) bond motifs is 3. The summed E-state index contributed by atoms with van der Waals surface area (Å²) in [5, 5.41) is 3.44. The summed E-state index contributed by atoms with van der Waals surface area (Å²) in [4.78, 5) is 12.2. The van der Waals surface area contributed by atoms with Gasteiger partial charge in [0.15, 0.2) is 0 Å². The van der Waals surface area contributed by atoms with E-state index in [4.69, 9.17) is 0 Å². The van der Waals surface area contributed by atoms with Crippen molar-refractivity contribution in [1.29, 1.82) is 0 Å². The van der Waals surface area contributed by atoms with Crippen LogP contribution in [0.15, 0.2) is 0 Å². The summed E-state index contributed by atoms with van der Waals surface area (Å²) < 4.78 is 0. The van der Waals surface area contributed by atoms with E-state index >= 15 is 0 Å². The summed E-state index contributed by atoms with van der Waals surface area (Å²) in [7, 11) is 0. The largest absolute Gasteiger partial charge is 0.353 e. The van der Waals surface area contributed by atoms with Crippen molar-refractivity contribution < 1.29 is 4.79 Å². The van der Waals surface area contributed by atoms with Crippen LogP contribution in [-0.4, -0.2) is 11.9 Å². The molecule has 2 heteroatoms. The maximum absolute atomic E-state index is 12.2. The highest BCUT2D eigenvalue weighted by atomic mass is 16.1. The third-order valence-corrected chi connectivity index (χ3v) is 10.2. The molecule has 2 nitrogen and oxygen atoms in total. The molecule has 180 valence electrons. The van der Waals surface area contributed by atoms with E-state index in [2.05, 4.69) is 53.8 Å². The number of amides is 1. The first-order valence-electron chi connectivity index (χ1n) is 13.9. The van der Waals surface area contributed by atoms with Gasteiger partial charge in [-0.25, -0.2) is 0 Å². The molecule has 3 rings (SSSR count). The standard InChI is InChI=1S/C29H53NO/c1-8-22-19-25-29(7,18-16-26(31)30-25)24-15-17-28(5,6)23(27(22)24)14-10-13-21(4)12-9-11-20(2)3/h20-25,27H,8-19H2,1-7H3,(H,30,31)/t21?,22-,23?,24?,25+,27?,29+/m0/s1. The lowest BCUT2D eigenvalue weighted by atomic mass is 9.44. The Morgan fingerprint density at radius 3 is 2.42 bits per heavy atom. The van der Waals surface area contributed by atoms with E-state index in [1.807, 2.05) is 0 Å². The van der Waals surface area contributed by atoms with Gasteiger partial charge in [0.1, 0.15) is 0 Å². The second-order valence-corrected chi connectivity index (χ2v) is 13.2. The molecule has 3 aliphatic rings. The van der Waals surface area contributed by atoms with E-state index in [0.717, 1.165) is 48.3 Å². The number of piperidine rings is 1. The summed E-state index contributed by atoms with van der Waals surface area (Å²) in [6.45, 7) is 17.3. The van der Waals surface area contributed by atoms with Crippen molar-refractivity contribution in [2.24, 2.45) is 46.3 Å². The third kappa shape index (κ3) is 5.52. The normalized spacial score (nSPS) is 38.3. The van der Waals surface area contributed by atoms with E-state index in [1.54, 1.807) is 0 Å². The lowest BCUT2D eigenvalue weighted by molar-refractivity contribution is -0.145. The van der Waals surface area contributed by atoms with Crippen LogP contribution < -0.4 is 5.32 Å². The summed E-state index contributed by atoms with van der Waals surface area (Å²) in [5.41, 5.74) is 0.791. The number of hydrogen-bond donors (Lipinski definition) is 1. The molecular formula is C29H53NO. The van der Waals surface area contributed by atoms with Crippen molar-refractivity contribution in [3.8, 4) is 0 Å². The molecule has 0 aromatic heterocycles. The van der Waals surface area contributed by atoms with Crippen molar-refractivity contribution in [1.82, 2.24) is 5.32 Å². The average molecular weight is 432 g/mol. The van der Waals surface area contributed by atoms with E-state index < -0.39 is 0 Å². The summed E-state index contributed by atoms with van der Waals surface area (Å²) >= 11 is 0. The zero-order chi connectivity index (χ0) is 22.8. The highest BCUT2D eigenvalue weighted by molar-refractivity contribution is 5.77. The lowest BCUT2D eigenvalue weighted by Crippen LogP contribution is -2.63. The third-order valence-electron chi connectivity index (χ3n) is 10.2. The van der Waals surface area contributed by atoms with E-state index in [1.165, 1.54) is 64.2 Å². The van der Waals surface area contributed by atoms with Gasteiger partial charge in [0.25, 0.3) is 0 Å². The number of rotatable bonds is 9. The van der Waals surface area contributed by atoms with Crippen LogP contribution in [0.5, 0.6) is 0 Å². The average Bonchev–Trinajstić information content (AvgIpc) is 2.69. The molecule has 1 saturated heterocycles. The molecule has 0 aromatic carbocycles. The Labute approximate surface area is 194 Å². The molecule has 0 aromatic rings. The van der Waals surface area contributed by atoms with E-state index in [9.17, 15) is 4.79 Å². The van der Waals surface area contributed by atoms with Crippen LogP contribution in [-0.2, 0) is 4.79 Å². The Hall–Kier alpha value is -0.530. The summed E-state index contributed by atoms with van der Waals surface area (Å²) in [6, 6.07) is 0.419. The summed E-state index contributed by atoms with van der Waals surface area (Å²) in [6.07, 6.45) is 15.6. The van der Waals surface area contributed by atoms with Gasteiger partial charge < -0.3 is 5.32 Å². The van der Waals surface area contributed by atoms with Gasteiger partial charge in [-0.3, -0.25) is 4.79 Å². The minimum Gasteiger partial charge on any atom is -0.353 e. The predicted octanol–water partition coefficient (Wildman–Crippen LogP) is 8.00. The van der Waals surface area contributed by atoms with Crippen LogP contribution in [0, 0.1) is 46.3 Å². The first-order valence-corrected chi connectivity index (χ1v) is 13.9. The van der Waals surface area contributed by atoms with Crippen LogP contribution in [0.4, 0.5) is 0 Å². The minimum absolute atomic E-state index is 0.301. The molecule has 0 spiro atoms. The van der Waals surface area contributed by atoms with Crippen molar-refractivity contribution in [3.63, 3.8) is 0 Å². The van der Waals surface area contributed by atoms with Crippen LogP contribution in [0.2, 0.25) is 0 Å². The first-order chi connectivity index (χ1) is 14.6. The fourth-order valence-corrected chi connectivity index (χ4v) is 8.08. The molecule has 31 heavy (non-hydrogen) atoms. The Kier molecular flexibility index (Phi) is 8.23. The van der Waals surface area contributed by atoms with Crippen molar-refractivity contribution in [2.45, 2.75) is 132 Å². The Bertz CT molecular complexity index is 596. The topological polar surface area (TPSA) is 29.1 Å². The maximum atomic E-state index is 12.2. The van der Waals surface area contributed by atoms with Gasteiger partial charge in [-0.05, 0) is 78.4 Å². The Morgan fingerprint density at radius 1 is 1.03 bits per heavy atom. The highest BCUT2D eigenvalue weighted by Crippen LogP contribution is 2.62. The SMILES string of the molecule is CC[C@H]1C[C@H]2NC(=O)CC[C@]2(C)C2CCC(C)(C)C(CCCC(C)CCCC(C)C)C21. The first kappa shape index (κ1) is 25.1. The number of carbonyl (C=O) groups is 1. The molecule has 0 bridgehead atoms. The second-order valence-electron chi connectivity index (χ2n) is 13.2. The molecule has 4 unspecified atom stereocenters. The molecule has 1 heterocycles. The fraction of sp³-hybridized carbons (Fsp3) is 0.966. The van der Waals surface area contributed by atoms with Gasteiger partial charge in [-0.15, -0.1) is 0 Å². The van der Waals surface area contributed by atoms with Gasteiger partial charge in [0.05, 0.1) is 0 Å². The van der Waals surface area contributed by atoms with Crippen LogP contribution in [0.3, 0.4) is 0 Å². The Balaban J connectivity index is 1.68. The van der Waals surface area contributed by atoms with Crippen molar-refractivity contribution in [3.05, 3.63) is 0 Å². The molecule has 1 amide bonds. The van der Waals surface area contributed by atoms with Crippen LogP contribution >= 0.6 is 0 Å². The number of carbonyl (C=O) groups excluding carboxylic acids is 1. The lowest BCUT2D eigenvalue weighted by Gasteiger charge is -2.63. The smallest absolute Gasteiger partial charge is 0.220 e. The molecular weight excluding hydrogens is 378 g/mol. The van der Waals surface area contributed by atoms with Gasteiger partial charge >= 0.3 is 0 Å². The highest BCUT2D eigenvalue weighted by Gasteiger charge is 2.58. The van der Waals surface area contributed by atoms with Gasteiger partial charge in [0, 0.05) is 12.5 Å². The monoisotopic (exact) mass is 431 g/mol. The molecule has 7 atom stereocenters. The Morgan fingerprint density at radius 2 is 1.74 bits per heavy atom. The van der Waals surface area contributed by atoms with E-state index in [0.29, 0.717) is 22.8 Å². The van der Waals surface area contributed by atoms with Crippen LogP contribution in [0.25, 0.3) is 0 Å². The number of nitrogens with one attached hydrogen (secondary N) is 1. The zero-order valence-electron chi connectivity index (χ0n) is 21.9. The fourth-order valence-electron chi connectivity index (χ4n) is 8.08. The molecule has 2 aliphatic carbocycles. The van der Waals surface area contributed by atoms with Gasteiger partial charge in [-0.2, -0.15) is 0 Å². The van der Waals surface area contributed by atoms with Crippen molar-refractivity contribution >= 4 is 5.91 Å². The van der Waals surface area contributed by atoms with Gasteiger partial charge in [-0.1, -0.05) is 87.0 Å². The minimum atomic E-state index is 0.301. The molecule has 1 N–H and O–H groups in total. The quantitative estimate of drug-likeness (QED) is 0.393. The molecule has 1 aliphatic heterocycles. The summed E-state index contributed by atoms with van der Waals surface area (Å²) in [5.74, 6) is 5.34. The zero-order valence-corrected chi connectivity index (χ0v) is 21.9. The van der Waals surface area contributed by atoms with Gasteiger partial charge in [0.2, 0.25) is 5.91 Å². The van der Waals surface area contributed by atoms with Crippen LogP contribution in [0.1, 0.15) is 126 Å².